The Bertz CT molecular complexity index is 134. The van der Waals surface area contributed by atoms with Gasteiger partial charge in [0.2, 0.25) is 0 Å². The average molecular weight is 139 g/mol. The predicted molar refractivity (Wildman–Crippen MR) is 46.6 cm³/mol. The summed E-state index contributed by atoms with van der Waals surface area (Å²) in [6.07, 6.45) is 5.21. The molecule has 0 fully saturated rings. The molecule has 10 heavy (non-hydrogen) atoms. The molecule has 2 N–H and O–H groups in total. The van der Waals surface area contributed by atoms with E-state index in [4.69, 9.17) is 5.73 Å². The van der Waals surface area contributed by atoms with Crippen LogP contribution < -0.4 is 5.73 Å². The van der Waals surface area contributed by atoms with Crippen LogP contribution in [0.3, 0.4) is 0 Å². The first kappa shape index (κ1) is 9.28. The maximum absolute atomic E-state index is 5.68. The first-order chi connectivity index (χ1) is 4.72. The molecule has 0 rings (SSSR count). The van der Waals surface area contributed by atoms with Crippen LogP contribution in [0.5, 0.6) is 0 Å². The summed E-state index contributed by atoms with van der Waals surface area (Å²) in [5.41, 5.74) is 7.59. The molecule has 0 amide bonds. The van der Waals surface area contributed by atoms with Crippen LogP contribution in [0.2, 0.25) is 0 Å². The number of hydrogen-bond donors (Lipinski definition) is 1. The van der Waals surface area contributed by atoms with E-state index in [9.17, 15) is 0 Å². The predicted octanol–water partition coefficient (Wildman–Crippen LogP) is 2.60. The van der Waals surface area contributed by atoms with E-state index in [2.05, 4.69) is 20.4 Å². The molecule has 0 bridgehead atoms. The number of hydrogen-bond acceptors (Lipinski definition) is 1. The summed E-state index contributed by atoms with van der Waals surface area (Å²) in [6.45, 7) is 8.03. The van der Waals surface area contributed by atoms with E-state index in [0.717, 1.165) is 30.5 Å². The second kappa shape index (κ2) is 5.10. The Balaban J connectivity index is 3.80. The maximum atomic E-state index is 5.68. The fraction of sp³-hybridized carbons (Fsp3) is 0.556. The Labute approximate surface area is 63.6 Å². The third-order valence-corrected chi connectivity index (χ3v) is 1.49. The minimum atomic E-state index is 0.865. The smallest absolute Gasteiger partial charge is 0.0299 e. The van der Waals surface area contributed by atoms with Gasteiger partial charge in [0.1, 0.15) is 0 Å². The van der Waals surface area contributed by atoms with Gasteiger partial charge < -0.3 is 5.73 Å². The summed E-state index contributed by atoms with van der Waals surface area (Å²) in [6, 6.07) is 0. The standard InChI is InChI=1S/C9H17N/c1-4-6-7-9(10)8(3)5-2/h7H,3-6,10H2,1-2H3/b9-7-. The van der Waals surface area contributed by atoms with Gasteiger partial charge in [0.25, 0.3) is 0 Å². The molecule has 0 unspecified atom stereocenters. The van der Waals surface area contributed by atoms with Gasteiger partial charge in [0.05, 0.1) is 0 Å². The van der Waals surface area contributed by atoms with Gasteiger partial charge in [-0.05, 0) is 18.4 Å². The van der Waals surface area contributed by atoms with Crippen LogP contribution in [0.1, 0.15) is 33.1 Å². The first-order valence-electron chi connectivity index (χ1n) is 3.86. The summed E-state index contributed by atoms with van der Waals surface area (Å²) < 4.78 is 0. The number of nitrogens with two attached hydrogens (primary N) is 1. The molecule has 0 aliphatic rings. The van der Waals surface area contributed by atoms with E-state index >= 15 is 0 Å². The third kappa shape index (κ3) is 3.33. The molecular weight excluding hydrogens is 122 g/mol. The molecule has 0 aromatic rings. The topological polar surface area (TPSA) is 26.0 Å². The molecule has 0 aromatic carbocycles. The van der Waals surface area contributed by atoms with E-state index in [1.165, 1.54) is 0 Å². The van der Waals surface area contributed by atoms with Crippen LogP contribution in [0.15, 0.2) is 23.9 Å². The van der Waals surface area contributed by atoms with Crippen LogP contribution >= 0.6 is 0 Å². The molecule has 0 saturated carbocycles. The molecular formula is C9H17N. The van der Waals surface area contributed by atoms with Crippen molar-refractivity contribution in [2.45, 2.75) is 33.1 Å². The van der Waals surface area contributed by atoms with E-state index in [0.29, 0.717) is 0 Å². The highest BCUT2D eigenvalue weighted by atomic mass is 14.6. The highest BCUT2D eigenvalue weighted by molar-refractivity contribution is 5.24. The average Bonchev–Trinajstić information content (AvgIpc) is 1.98. The number of allylic oxidation sites excluding steroid dienone is 2. The first-order valence-corrected chi connectivity index (χ1v) is 3.86. The minimum absolute atomic E-state index is 0.865. The number of rotatable bonds is 4. The normalized spacial score (nSPS) is 11.6. The molecule has 0 aliphatic carbocycles. The molecule has 1 heteroatoms. The molecule has 58 valence electrons. The quantitative estimate of drug-likeness (QED) is 0.595. The van der Waals surface area contributed by atoms with E-state index in [1.807, 2.05) is 6.08 Å². The van der Waals surface area contributed by atoms with Crippen LogP contribution in [0.25, 0.3) is 0 Å². The van der Waals surface area contributed by atoms with Crippen LogP contribution in [0, 0.1) is 0 Å². The van der Waals surface area contributed by atoms with Crippen molar-refractivity contribution >= 4 is 0 Å². The molecule has 0 radical (unpaired) electrons. The summed E-state index contributed by atoms with van der Waals surface area (Å²) >= 11 is 0. The fourth-order valence-corrected chi connectivity index (χ4v) is 0.648. The molecule has 0 saturated heterocycles. The Morgan fingerprint density at radius 3 is 2.50 bits per heavy atom. The Morgan fingerprint density at radius 2 is 2.10 bits per heavy atom. The van der Waals surface area contributed by atoms with Gasteiger partial charge in [-0.1, -0.05) is 32.9 Å². The summed E-state index contributed by atoms with van der Waals surface area (Å²) in [4.78, 5) is 0. The van der Waals surface area contributed by atoms with Crippen molar-refractivity contribution in [2.24, 2.45) is 5.73 Å². The summed E-state index contributed by atoms with van der Waals surface area (Å²) in [7, 11) is 0. The Kier molecular flexibility index (Phi) is 4.73. The monoisotopic (exact) mass is 139 g/mol. The molecule has 0 heterocycles. The minimum Gasteiger partial charge on any atom is -0.399 e. The van der Waals surface area contributed by atoms with Crippen molar-refractivity contribution < 1.29 is 0 Å². The highest BCUT2D eigenvalue weighted by Gasteiger charge is 1.91. The van der Waals surface area contributed by atoms with Crippen molar-refractivity contribution in [3.8, 4) is 0 Å². The van der Waals surface area contributed by atoms with Gasteiger partial charge in [0.15, 0.2) is 0 Å². The van der Waals surface area contributed by atoms with Gasteiger partial charge in [-0.15, -0.1) is 0 Å². The van der Waals surface area contributed by atoms with Gasteiger partial charge in [-0.2, -0.15) is 0 Å². The van der Waals surface area contributed by atoms with Crippen LogP contribution in [-0.4, -0.2) is 0 Å². The summed E-state index contributed by atoms with van der Waals surface area (Å²) in [5.74, 6) is 0. The second-order valence-corrected chi connectivity index (χ2v) is 2.41. The molecule has 0 aromatic heterocycles. The van der Waals surface area contributed by atoms with Crippen LogP contribution in [-0.2, 0) is 0 Å². The lowest BCUT2D eigenvalue weighted by Gasteiger charge is -2.00. The van der Waals surface area contributed by atoms with Crippen molar-refractivity contribution in [3.05, 3.63) is 23.9 Å². The lowest BCUT2D eigenvalue weighted by Crippen LogP contribution is -1.98. The highest BCUT2D eigenvalue weighted by Crippen LogP contribution is 2.06. The van der Waals surface area contributed by atoms with E-state index in [1.54, 1.807) is 0 Å². The summed E-state index contributed by atoms with van der Waals surface area (Å²) in [5, 5.41) is 0. The zero-order valence-corrected chi connectivity index (χ0v) is 6.98. The zero-order valence-electron chi connectivity index (χ0n) is 6.98. The van der Waals surface area contributed by atoms with Gasteiger partial charge in [0, 0.05) is 5.70 Å². The lowest BCUT2D eigenvalue weighted by atomic mass is 10.1. The van der Waals surface area contributed by atoms with E-state index < -0.39 is 0 Å². The molecule has 0 atom stereocenters. The largest absolute Gasteiger partial charge is 0.399 e. The van der Waals surface area contributed by atoms with Crippen molar-refractivity contribution in [1.29, 1.82) is 0 Å². The fourth-order valence-electron chi connectivity index (χ4n) is 0.648. The van der Waals surface area contributed by atoms with Crippen LogP contribution in [0.4, 0.5) is 0 Å². The molecule has 0 aliphatic heterocycles. The second-order valence-electron chi connectivity index (χ2n) is 2.41. The van der Waals surface area contributed by atoms with Gasteiger partial charge >= 0.3 is 0 Å². The maximum Gasteiger partial charge on any atom is 0.0299 e. The molecule has 1 nitrogen and oxygen atoms in total. The van der Waals surface area contributed by atoms with Crippen molar-refractivity contribution in [3.63, 3.8) is 0 Å². The Morgan fingerprint density at radius 1 is 1.50 bits per heavy atom. The zero-order chi connectivity index (χ0) is 7.98. The van der Waals surface area contributed by atoms with Crippen molar-refractivity contribution in [1.82, 2.24) is 0 Å². The molecule has 0 spiro atoms. The Hall–Kier alpha value is -0.720. The number of unbranched alkanes of at least 4 members (excludes halogenated alkanes) is 1. The SMILES string of the molecule is C=C(CC)/C(N)=C/CCC. The van der Waals surface area contributed by atoms with Gasteiger partial charge in [-0.3, -0.25) is 0 Å². The third-order valence-electron chi connectivity index (χ3n) is 1.49. The van der Waals surface area contributed by atoms with Gasteiger partial charge in [-0.25, -0.2) is 0 Å². The lowest BCUT2D eigenvalue weighted by molar-refractivity contribution is 0.941. The van der Waals surface area contributed by atoms with E-state index in [-0.39, 0.29) is 0 Å². The van der Waals surface area contributed by atoms with Crippen molar-refractivity contribution in [2.75, 3.05) is 0 Å².